The van der Waals surface area contributed by atoms with E-state index in [2.05, 4.69) is 32.0 Å². The number of carboxylic acid groups (broad SMARTS) is 1. The number of amides is 1. The van der Waals surface area contributed by atoms with Crippen LogP contribution >= 0.6 is 0 Å². The summed E-state index contributed by atoms with van der Waals surface area (Å²) < 4.78 is 71.4. The number of carboxylic acids is 1. The molecule has 20 nitrogen and oxygen atoms in total. The van der Waals surface area contributed by atoms with Gasteiger partial charge in [-0.05, 0) is 20.0 Å². The van der Waals surface area contributed by atoms with Gasteiger partial charge in [-0.3, -0.25) is 13.8 Å². The Kier molecular flexibility index (Phi) is 24.5. The van der Waals surface area contributed by atoms with Crippen molar-refractivity contribution in [1.29, 1.82) is 0 Å². The first-order chi connectivity index (χ1) is 25.1. The number of likely N-dealkylation sites (N-methyl/N-ethyl adjacent to an activating group) is 1. The van der Waals surface area contributed by atoms with Crippen molar-refractivity contribution in [3.05, 3.63) is 0 Å². The zero-order chi connectivity index (χ0) is 39.7. The minimum absolute atomic E-state index is 0. The van der Waals surface area contributed by atoms with Crippen molar-refractivity contribution in [3.8, 4) is 0 Å². The third-order valence-electron chi connectivity index (χ3n) is 9.08. The van der Waals surface area contributed by atoms with E-state index in [0.29, 0.717) is 6.54 Å². The van der Waals surface area contributed by atoms with E-state index in [1.54, 1.807) is 6.92 Å². The third kappa shape index (κ3) is 16.8. The number of aliphatic carboxylic acids is 1. The van der Waals surface area contributed by atoms with Gasteiger partial charge >= 0.3 is 41.5 Å². The second-order valence-corrected chi connectivity index (χ2v) is 14.3. The molecule has 0 aromatic heterocycles. The molecule has 2 aliphatic rings. The van der Waals surface area contributed by atoms with Crippen LogP contribution in [0.2, 0.25) is 0 Å². The van der Waals surface area contributed by atoms with Crippen molar-refractivity contribution in [2.75, 3.05) is 93.6 Å². The average molecular weight is 811 g/mol. The molecule has 0 aliphatic carbocycles. The van der Waals surface area contributed by atoms with Gasteiger partial charge in [0.15, 0.2) is 12.2 Å². The van der Waals surface area contributed by atoms with E-state index < -0.39 is 108 Å². The molecule has 11 atom stereocenters. The topological polar surface area (TPSA) is 273 Å². The first kappa shape index (κ1) is 50.9. The Morgan fingerprint density at radius 2 is 1.57 bits per heavy atom. The molecule has 0 saturated carbocycles. The molecule has 6 N–H and O–H groups in total. The monoisotopic (exact) mass is 810 g/mol. The number of hydrogen-bond acceptors (Lipinski definition) is 18. The maximum absolute atomic E-state index is 13.3. The molecule has 2 saturated heterocycles. The Labute approximate surface area is 339 Å². The molecule has 22 heteroatoms. The minimum Gasteiger partial charge on any atom is -0.726 e. The van der Waals surface area contributed by atoms with Crippen LogP contribution in [-0.4, -0.2) is 193 Å². The molecule has 0 aromatic rings. The van der Waals surface area contributed by atoms with Crippen LogP contribution < -0.4 is 45.5 Å². The normalized spacial score (nSPS) is 29.3. The van der Waals surface area contributed by atoms with Gasteiger partial charge in [-0.15, -0.1) is 0 Å². The fourth-order valence-electron chi connectivity index (χ4n) is 6.43. The number of methoxy groups -OCH3 is 2. The molecule has 0 aromatic carbocycles. The number of carbonyl (C=O) groups is 3. The summed E-state index contributed by atoms with van der Waals surface area (Å²) in [4.78, 5) is 39.9. The first-order valence-electron chi connectivity index (χ1n) is 17.7. The van der Waals surface area contributed by atoms with E-state index in [0.717, 1.165) is 32.6 Å². The summed E-state index contributed by atoms with van der Waals surface area (Å²) in [6, 6.07) is -0.947. The zero-order valence-corrected chi connectivity index (χ0v) is 35.2. The van der Waals surface area contributed by atoms with E-state index in [1.165, 1.54) is 21.1 Å². The summed E-state index contributed by atoms with van der Waals surface area (Å²) in [5, 5.41) is 41.5. The van der Waals surface area contributed by atoms with Gasteiger partial charge in [0.2, 0.25) is 16.3 Å². The van der Waals surface area contributed by atoms with Gasteiger partial charge in [0.25, 0.3) is 0 Å². The maximum atomic E-state index is 13.3. The molecular weight excluding hydrogens is 751 g/mol. The smallest absolute Gasteiger partial charge is 0.726 e. The van der Waals surface area contributed by atoms with Crippen LogP contribution in [0.5, 0.6) is 0 Å². The van der Waals surface area contributed by atoms with Crippen LogP contribution in [-0.2, 0) is 57.4 Å². The second-order valence-electron chi connectivity index (χ2n) is 13.3. The van der Waals surface area contributed by atoms with Gasteiger partial charge in [-0.1, -0.05) is 13.8 Å². The standard InChI is InChI=1S/C32H60N4O16S.Na/c1-7-10-36(11-8-33-4)12-9-34-13-19(2)32(42)52-30-25(51-29(31(40)41)22(14-46-5)28(30)39)17-48-15-21-26(35-20(3)37)23(16-47-6)50-24(27(21)38)18-49-53(43,44)45;/h19,21-30,33-34,38-39H,7-18H2,1-6H3,(H,35,37)(H,40,41)(H,43,44,45);/q;+1/p-1/t19?,21-,22-,23-,24?,25-,26?,27+,28+,29?,30?;/m0./s1. The summed E-state index contributed by atoms with van der Waals surface area (Å²) in [7, 11) is -0.578. The molecule has 0 radical (unpaired) electrons. The summed E-state index contributed by atoms with van der Waals surface area (Å²) >= 11 is 0. The molecule has 2 fully saturated rings. The van der Waals surface area contributed by atoms with Gasteiger partial charge in [-0.2, -0.15) is 0 Å². The first-order valence-corrected chi connectivity index (χ1v) is 19.0. The maximum Gasteiger partial charge on any atom is 1.00 e. The molecular formula is C32H59N4NaO16S. The van der Waals surface area contributed by atoms with Gasteiger partial charge < -0.3 is 69.1 Å². The van der Waals surface area contributed by atoms with E-state index >= 15 is 0 Å². The molecule has 310 valence electrons. The zero-order valence-electron chi connectivity index (χ0n) is 32.3. The van der Waals surface area contributed by atoms with Gasteiger partial charge in [0, 0.05) is 65.7 Å². The molecule has 5 unspecified atom stereocenters. The van der Waals surface area contributed by atoms with Crippen molar-refractivity contribution in [2.24, 2.45) is 17.8 Å². The number of rotatable bonds is 25. The number of nitrogens with one attached hydrogen (secondary N) is 3. The van der Waals surface area contributed by atoms with Crippen molar-refractivity contribution >= 4 is 28.2 Å². The van der Waals surface area contributed by atoms with Crippen molar-refractivity contribution in [3.63, 3.8) is 0 Å². The number of aliphatic hydroxyl groups is 2. The summed E-state index contributed by atoms with van der Waals surface area (Å²) in [5.41, 5.74) is 0. The summed E-state index contributed by atoms with van der Waals surface area (Å²) in [6.07, 6.45) is -8.66. The van der Waals surface area contributed by atoms with Crippen LogP contribution in [0, 0.1) is 17.8 Å². The summed E-state index contributed by atoms with van der Waals surface area (Å²) in [5.74, 6) is -5.36. The largest absolute Gasteiger partial charge is 1.00 e. The average Bonchev–Trinajstić information content (AvgIpc) is 3.08. The predicted molar refractivity (Wildman–Crippen MR) is 184 cm³/mol. The number of nitrogens with zero attached hydrogens (tertiary/aromatic N) is 1. The number of aliphatic hydroxyl groups excluding tert-OH is 2. The molecule has 1 amide bonds. The fraction of sp³-hybridized carbons (Fsp3) is 0.906. The van der Waals surface area contributed by atoms with E-state index in [1.807, 2.05) is 7.05 Å². The van der Waals surface area contributed by atoms with Crippen LogP contribution in [0.4, 0.5) is 0 Å². The Morgan fingerprint density at radius 3 is 2.15 bits per heavy atom. The van der Waals surface area contributed by atoms with E-state index in [-0.39, 0.29) is 55.9 Å². The van der Waals surface area contributed by atoms with Crippen molar-refractivity contribution in [1.82, 2.24) is 20.9 Å². The van der Waals surface area contributed by atoms with Crippen molar-refractivity contribution < 1.29 is 105 Å². The van der Waals surface area contributed by atoms with Crippen LogP contribution in [0.1, 0.15) is 27.2 Å². The molecule has 2 rings (SSSR count). The SMILES string of the molecule is CCCN(CCNC)CCNCC(C)C(=O)OC1[C@H](COC[C@H]2C(NC(C)=O)[C@H](COC)OC(COS(=O)(=O)[O-])[C@@H]2O)OC(C(=O)O)[C@@H](COC)[C@H]1O.[Na+]. The van der Waals surface area contributed by atoms with Gasteiger partial charge in [0.1, 0.15) is 24.4 Å². The predicted octanol–water partition coefficient (Wildman–Crippen LogP) is -6.08. The molecule has 0 bridgehead atoms. The molecule has 2 aliphatic heterocycles. The van der Waals surface area contributed by atoms with Crippen molar-refractivity contribution in [2.45, 2.75) is 76.0 Å². The Bertz CT molecular complexity index is 1230. The second kappa shape index (κ2) is 26.0. The fourth-order valence-corrected chi connectivity index (χ4v) is 6.73. The summed E-state index contributed by atoms with van der Waals surface area (Å²) in [6.45, 7) is 7.28. The molecule has 54 heavy (non-hydrogen) atoms. The number of esters is 1. The van der Waals surface area contributed by atoms with E-state index in [9.17, 15) is 42.7 Å². The Morgan fingerprint density at radius 1 is 0.907 bits per heavy atom. The van der Waals surface area contributed by atoms with Gasteiger partial charge in [-0.25, -0.2) is 13.2 Å². The minimum atomic E-state index is -5.14. The van der Waals surface area contributed by atoms with E-state index in [4.69, 9.17) is 28.4 Å². The quantitative estimate of drug-likeness (QED) is 0.0165. The third-order valence-corrected chi connectivity index (χ3v) is 9.51. The number of ether oxygens (including phenoxy) is 6. The number of carbonyl (C=O) groups excluding carboxylic acids is 2. The van der Waals surface area contributed by atoms with Crippen LogP contribution in [0.3, 0.4) is 0 Å². The van der Waals surface area contributed by atoms with Gasteiger partial charge in [0.05, 0.1) is 51.1 Å². The Balaban J connectivity index is 0.0000146. The van der Waals surface area contributed by atoms with Crippen LogP contribution in [0.25, 0.3) is 0 Å². The Hall–Kier alpha value is -1.12. The molecule has 0 spiro atoms. The molecule has 2 heterocycles. The number of hydrogen-bond donors (Lipinski definition) is 6. The van der Waals surface area contributed by atoms with Crippen LogP contribution in [0.15, 0.2) is 0 Å².